The minimum Gasteiger partial charge on any atom is -0.317 e. The first kappa shape index (κ1) is 12.2. The van der Waals surface area contributed by atoms with Gasteiger partial charge in [-0.05, 0) is 38.3 Å². The van der Waals surface area contributed by atoms with Crippen LogP contribution in [-0.2, 0) is 13.0 Å². The van der Waals surface area contributed by atoms with E-state index in [2.05, 4.69) is 37.4 Å². The van der Waals surface area contributed by atoms with Crippen molar-refractivity contribution in [2.45, 2.75) is 46.2 Å². The molecule has 3 heteroatoms. The maximum atomic E-state index is 4.28. The van der Waals surface area contributed by atoms with E-state index in [0.29, 0.717) is 12.0 Å². The Balaban J connectivity index is 2.41. The van der Waals surface area contributed by atoms with Crippen LogP contribution < -0.4 is 5.32 Å². The first-order chi connectivity index (χ1) is 7.17. The van der Waals surface area contributed by atoms with Gasteiger partial charge in [-0.1, -0.05) is 13.8 Å². The maximum Gasteiger partial charge on any atom is 0.0521 e. The molecule has 0 aliphatic rings. The van der Waals surface area contributed by atoms with Crippen LogP contribution in [0.15, 0.2) is 12.4 Å². The number of rotatable bonds is 6. The third kappa shape index (κ3) is 3.67. The molecular formula is C12H23N3. The summed E-state index contributed by atoms with van der Waals surface area (Å²) in [7, 11) is 2.04. The molecule has 0 saturated carbocycles. The Hall–Kier alpha value is -0.830. The molecule has 15 heavy (non-hydrogen) atoms. The third-order valence-corrected chi connectivity index (χ3v) is 2.93. The van der Waals surface area contributed by atoms with Crippen molar-refractivity contribution >= 4 is 0 Å². The van der Waals surface area contributed by atoms with E-state index in [1.807, 2.05) is 17.9 Å². The summed E-state index contributed by atoms with van der Waals surface area (Å²) in [5.41, 5.74) is 1.35. The number of hydrogen-bond donors (Lipinski definition) is 1. The second-order valence-electron chi connectivity index (χ2n) is 4.38. The second kappa shape index (κ2) is 5.91. The van der Waals surface area contributed by atoms with Crippen LogP contribution >= 0.6 is 0 Å². The highest BCUT2D eigenvalue weighted by Crippen LogP contribution is 2.10. The number of hydrogen-bond acceptors (Lipinski definition) is 2. The molecule has 0 amide bonds. The Morgan fingerprint density at radius 3 is 2.67 bits per heavy atom. The van der Waals surface area contributed by atoms with Crippen molar-refractivity contribution in [1.29, 1.82) is 0 Å². The van der Waals surface area contributed by atoms with Gasteiger partial charge < -0.3 is 5.32 Å². The minimum atomic E-state index is 0.606. The number of aromatic nitrogens is 2. The molecule has 1 aromatic heterocycles. The average Bonchev–Trinajstić information content (AvgIpc) is 2.66. The largest absolute Gasteiger partial charge is 0.317 e. The summed E-state index contributed by atoms with van der Waals surface area (Å²) in [5.74, 6) is 0.691. The molecule has 1 atom stereocenters. The van der Waals surface area contributed by atoms with Crippen LogP contribution in [0.1, 0.15) is 32.8 Å². The zero-order valence-corrected chi connectivity index (χ0v) is 10.3. The molecular weight excluding hydrogens is 186 g/mol. The fraction of sp³-hybridized carbons (Fsp3) is 0.750. The molecule has 0 aliphatic heterocycles. The quantitative estimate of drug-likeness (QED) is 0.777. The second-order valence-corrected chi connectivity index (χ2v) is 4.38. The van der Waals surface area contributed by atoms with Crippen LogP contribution in [0.2, 0.25) is 0 Å². The zero-order valence-electron chi connectivity index (χ0n) is 10.3. The lowest BCUT2D eigenvalue weighted by molar-refractivity contribution is 0.403. The van der Waals surface area contributed by atoms with Crippen LogP contribution in [0.4, 0.5) is 0 Å². The van der Waals surface area contributed by atoms with E-state index in [1.54, 1.807) is 0 Å². The van der Waals surface area contributed by atoms with Crippen molar-refractivity contribution in [2.75, 3.05) is 7.05 Å². The molecule has 1 aromatic rings. The van der Waals surface area contributed by atoms with Crippen molar-refractivity contribution in [3.63, 3.8) is 0 Å². The van der Waals surface area contributed by atoms with Gasteiger partial charge in [0.1, 0.15) is 0 Å². The fourth-order valence-electron chi connectivity index (χ4n) is 1.84. The Labute approximate surface area is 92.9 Å². The van der Waals surface area contributed by atoms with Crippen molar-refractivity contribution < 1.29 is 0 Å². The Morgan fingerprint density at radius 1 is 1.47 bits per heavy atom. The van der Waals surface area contributed by atoms with E-state index < -0.39 is 0 Å². The Bertz CT molecular complexity index is 278. The van der Waals surface area contributed by atoms with E-state index in [4.69, 9.17) is 0 Å². The highest BCUT2D eigenvalue weighted by Gasteiger charge is 2.10. The molecule has 0 aliphatic carbocycles. The van der Waals surface area contributed by atoms with Gasteiger partial charge in [-0.25, -0.2) is 0 Å². The van der Waals surface area contributed by atoms with Gasteiger partial charge >= 0.3 is 0 Å². The summed E-state index contributed by atoms with van der Waals surface area (Å²) < 4.78 is 1.99. The summed E-state index contributed by atoms with van der Waals surface area (Å²) in [5, 5.41) is 7.64. The monoisotopic (exact) mass is 209 g/mol. The molecule has 1 N–H and O–H groups in total. The first-order valence-electron chi connectivity index (χ1n) is 5.86. The molecule has 0 saturated heterocycles. The summed E-state index contributed by atoms with van der Waals surface area (Å²) in [4.78, 5) is 0. The van der Waals surface area contributed by atoms with Crippen molar-refractivity contribution in [3.05, 3.63) is 18.0 Å². The molecule has 1 rings (SSSR count). The molecule has 0 spiro atoms. The van der Waals surface area contributed by atoms with Gasteiger partial charge in [0.05, 0.1) is 6.20 Å². The van der Waals surface area contributed by atoms with Crippen LogP contribution in [0, 0.1) is 5.92 Å². The van der Waals surface area contributed by atoms with Crippen molar-refractivity contribution in [2.24, 2.45) is 5.92 Å². The molecule has 3 nitrogen and oxygen atoms in total. The van der Waals surface area contributed by atoms with Gasteiger partial charge in [-0.15, -0.1) is 0 Å². The van der Waals surface area contributed by atoms with Crippen LogP contribution in [-0.4, -0.2) is 22.9 Å². The summed E-state index contributed by atoms with van der Waals surface area (Å²) in [6, 6.07) is 0.606. The molecule has 0 bridgehead atoms. The average molecular weight is 209 g/mol. The lowest BCUT2D eigenvalue weighted by atomic mass is 9.98. The Kier molecular flexibility index (Phi) is 4.82. The van der Waals surface area contributed by atoms with Crippen molar-refractivity contribution in [1.82, 2.24) is 15.1 Å². The van der Waals surface area contributed by atoms with E-state index in [1.165, 1.54) is 12.0 Å². The van der Waals surface area contributed by atoms with E-state index in [9.17, 15) is 0 Å². The van der Waals surface area contributed by atoms with E-state index >= 15 is 0 Å². The smallest absolute Gasteiger partial charge is 0.0521 e. The molecule has 1 unspecified atom stereocenters. The standard InChI is InChI=1S/C12H23N3/c1-5-15-9-11(8-14-15)6-7-12(13-4)10(2)3/h8-10,12-13H,5-7H2,1-4H3. The normalized spacial score (nSPS) is 13.4. The molecule has 0 aromatic carbocycles. The zero-order chi connectivity index (χ0) is 11.3. The van der Waals surface area contributed by atoms with Crippen LogP contribution in [0.5, 0.6) is 0 Å². The van der Waals surface area contributed by atoms with Gasteiger partial charge in [-0.3, -0.25) is 4.68 Å². The third-order valence-electron chi connectivity index (χ3n) is 2.93. The lowest BCUT2D eigenvalue weighted by Crippen LogP contribution is -2.30. The van der Waals surface area contributed by atoms with Gasteiger partial charge in [0.15, 0.2) is 0 Å². The lowest BCUT2D eigenvalue weighted by Gasteiger charge is -2.19. The molecule has 0 fully saturated rings. The van der Waals surface area contributed by atoms with Gasteiger partial charge in [0.2, 0.25) is 0 Å². The van der Waals surface area contributed by atoms with Crippen molar-refractivity contribution in [3.8, 4) is 0 Å². The first-order valence-corrected chi connectivity index (χ1v) is 5.86. The maximum absolute atomic E-state index is 4.28. The summed E-state index contributed by atoms with van der Waals surface area (Å²) in [6.07, 6.45) is 6.43. The van der Waals surface area contributed by atoms with Crippen LogP contribution in [0.3, 0.4) is 0 Å². The topological polar surface area (TPSA) is 29.9 Å². The van der Waals surface area contributed by atoms with Gasteiger partial charge in [0, 0.05) is 18.8 Å². The predicted molar refractivity (Wildman–Crippen MR) is 63.9 cm³/mol. The van der Waals surface area contributed by atoms with Crippen LogP contribution in [0.25, 0.3) is 0 Å². The highest BCUT2D eigenvalue weighted by molar-refractivity contribution is 5.04. The summed E-state index contributed by atoms with van der Waals surface area (Å²) >= 11 is 0. The predicted octanol–water partition coefficient (Wildman–Crippen LogP) is 2.08. The number of aryl methyl sites for hydroxylation is 2. The minimum absolute atomic E-state index is 0.606. The van der Waals surface area contributed by atoms with E-state index in [-0.39, 0.29) is 0 Å². The van der Waals surface area contributed by atoms with E-state index in [0.717, 1.165) is 13.0 Å². The number of nitrogens with zero attached hydrogens (tertiary/aromatic N) is 2. The number of nitrogens with one attached hydrogen (secondary N) is 1. The molecule has 1 heterocycles. The summed E-state index contributed by atoms with van der Waals surface area (Å²) in [6.45, 7) is 7.59. The fourth-order valence-corrected chi connectivity index (χ4v) is 1.84. The SMILES string of the molecule is CCn1cc(CCC(NC)C(C)C)cn1. The van der Waals surface area contributed by atoms with Gasteiger partial charge in [0.25, 0.3) is 0 Å². The molecule has 86 valence electrons. The van der Waals surface area contributed by atoms with Gasteiger partial charge in [-0.2, -0.15) is 5.10 Å². The molecule has 0 radical (unpaired) electrons. The highest BCUT2D eigenvalue weighted by atomic mass is 15.3. The Morgan fingerprint density at radius 2 is 2.20 bits per heavy atom.